The van der Waals surface area contributed by atoms with Gasteiger partial charge in [-0.3, -0.25) is 0 Å². The number of methoxy groups -OCH3 is 1. The van der Waals surface area contributed by atoms with Crippen molar-refractivity contribution in [3.8, 4) is 5.75 Å². The van der Waals surface area contributed by atoms with Gasteiger partial charge >= 0.3 is 0 Å². The minimum atomic E-state index is -0.162. The van der Waals surface area contributed by atoms with E-state index < -0.39 is 0 Å². The zero-order chi connectivity index (χ0) is 12.7. The van der Waals surface area contributed by atoms with Crippen molar-refractivity contribution in [2.75, 3.05) is 33.9 Å². The molecule has 1 atom stereocenters. The lowest BCUT2D eigenvalue weighted by Gasteiger charge is -2.19. The predicted octanol–water partition coefficient (Wildman–Crippen LogP) is 0.489. The van der Waals surface area contributed by atoms with Crippen LogP contribution in [0.1, 0.15) is 5.56 Å². The van der Waals surface area contributed by atoms with Gasteiger partial charge in [0.05, 0.1) is 13.7 Å². The number of nitrogens with two attached hydrogens (primary N) is 1. The smallest absolute Gasteiger partial charge is 0.119 e. The summed E-state index contributed by atoms with van der Waals surface area (Å²) in [7, 11) is 3.68. The topological polar surface area (TPSA) is 58.7 Å². The molecule has 0 aromatic heterocycles. The van der Waals surface area contributed by atoms with Gasteiger partial charge in [0.15, 0.2) is 0 Å². The molecule has 0 heterocycles. The van der Waals surface area contributed by atoms with Gasteiger partial charge in [0.25, 0.3) is 0 Å². The summed E-state index contributed by atoms with van der Waals surface area (Å²) in [6.45, 7) is 1.66. The summed E-state index contributed by atoms with van der Waals surface area (Å²) < 4.78 is 5.18. The number of benzene rings is 1. The summed E-state index contributed by atoms with van der Waals surface area (Å²) in [6, 6.07) is 7.90. The lowest BCUT2D eigenvalue weighted by molar-refractivity contribution is 0.222. The second kappa shape index (κ2) is 7.27. The zero-order valence-corrected chi connectivity index (χ0v) is 10.6. The maximum atomic E-state index is 8.87. The number of rotatable bonds is 7. The highest BCUT2D eigenvalue weighted by Crippen LogP contribution is 2.13. The highest BCUT2D eigenvalue weighted by Gasteiger charge is 2.05. The third kappa shape index (κ3) is 5.17. The standard InChI is InChI=1S/C13H22N2O2/c1-15(9-12(14)10-16)7-6-11-4-3-5-13(8-11)17-2/h3-5,8,12,16H,6-7,9-10,14H2,1-2H3. The molecular formula is C13H22N2O2. The van der Waals surface area contributed by atoms with E-state index in [-0.39, 0.29) is 12.6 Å². The monoisotopic (exact) mass is 238 g/mol. The van der Waals surface area contributed by atoms with E-state index in [1.165, 1.54) is 5.56 Å². The quantitative estimate of drug-likeness (QED) is 0.726. The Labute approximate surface area is 103 Å². The Kier molecular flexibility index (Phi) is 5.97. The van der Waals surface area contributed by atoms with Crippen LogP contribution in [0.15, 0.2) is 24.3 Å². The highest BCUT2D eigenvalue weighted by molar-refractivity contribution is 5.28. The maximum Gasteiger partial charge on any atom is 0.119 e. The molecule has 0 aliphatic rings. The van der Waals surface area contributed by atoms with Crippen molar-refractivity contribution in [1.82, 2.24) is 4.90 Å². The van der Waals surface area contributed by atoms with Crippen LogP contribution in [-0.2, 0) is 6.42 Å². The lowest BCUT2D eigenvalue weighted by atomic mass is 10.1. The van der Waals surface area contributed by atoms with Crippen LogP contribution in [-0.4, -0.2) is 49.9 Å². The molecule has 0 fully saturated rings. The van der Waals surface area contributed by atoms with Gasteiger partial charge in [-0.05, 0) is 31.2 Å². The van der Waals surface area contributed by atoms with Crippen LogP contribution in [0.5, 0.6) is 5.75 Å². The average Bonchev–Trinajstić information content (AvgIpc) is 2.36. The summed E-state index contributed by atoms with van der Waals surface area (Å²) in [4.78, 5) is 2.13. The van der Waals surface area contributed by atoms with Crippen molar-refractivity contribution >= 4 is 0 Å². The summed E-state index contributed by atoms with van der Waals surface area (Å²) >= 11 is 0. The van der Waals surface area contributed by atoms with Crippen molar-refractivity contribution in [2.45, 2.75) is 12.5 Å². The van der Waals surface area contributed by atoms with E-state index in [0.29, 0.717) is 6.54 Å². The summed E-state index contributed by atoms with van der Waals surface area (Å²) in [5.41, 5.74) is 6.92. The molecule has 4 heteroatoms. The first-order valence-electron chi connectivity index (χ1n) is 5.83. The average molecular weight is 238 g/mol. The summed E-state index contributed by atoms with van der Waals surface area (Å²) in [6.07, 6.45) is 0.950. The fraction of sp³-hybridized carbons (Fsp3) is 0.538. The second-order valence-electron chi connectivity index (χ2n) is 4.31. The molecule has 0 saturated heterocycles. The molecule has 0 radical (unpaired) electrons. The van der Waals surface area contributed by atoms with E-state index in [1.54, 1.807) is 7.11 Å². The van der Waals surface area contributed by atoms with Crippen molar-refractivity contribution in [3.63, 3.8) is 0 Å². The molecule has 0 aliphatic heterocycles. The minimum absolute atomic E-state index is 0.0312. The third-order valence-corrected chi connectivity index (χ3v) is 2.70. The lowest BCUT2D eigenvalue weighted by Crippen LogP contribution is -2.38. The van der Waals surface area contributed by atoms with Crippen molar-refractivity contribution in [1.29, 1.82) is 0 Å². The van der Waals surface area contributed by atoms with E-state index in [1.807, 2.05) is 25.2 Å². The van der Waals surface area contributed by atoms with E-state index in [4.69, 9.17) is 15.6 Å². The molecule has 4 nitrogen and oxygen atoms in total. The van der Waals surface area contributed by atoms with Crippen LogP contribution >= 0.6 is 0 Å². The highest BCUT2D eigenvalue weighted by atomic mass is 16.5. The van der Waals surface area contributed by atoms with Crippen molar-refractivity contribution < 1.29 is 9.84 Å². The maximum absolute atomic E-state index is 8.87. The first-order valence-corrected chi connectivity index (χ1v) is 5.83. The number of likely N-dealkylation sites (N-methyl/N-ethyl adjacent to an activating group) is 1. The Hall–Kier alpha value is -1.10. The second-order valence-corrected chi connectivity index (χ2v) is 4.31. The van der Waals surface area contributed by atoms with Gasteiger partial charge in [-0.15, -0.1) is 0 Å². The van der Waals surface area contributed by atoms with Crippen LogP contribution in [0.3, 0.4) is 0 Å². The molecule has 3 N–H and O–H groups in total. The molecule has 0 bridgehead atoms. The molecular weight excluding hydrogens is 216 g/mol. The van der Waals surface area contributed by atoms with Gasteiger partial charge in [0.2, 0.25) is 0 Å². The normalized spacial score (nSPS) is 12.8. The van der Waals surface area contributed by atoms with E-state index >= 15 is 0 Å². The molecule has 96 valence electrons. The first-order chi connectivity index (χ1) is 8.15. The Balaban J connectivity index is 2.38. The summed E-state index contributed by atoms with van der Waals surface area (Å²) in [5, 5.41) is 8.87. The Morgan fingerprint density at radius 1 is 1.47 bits per heavy atom. The molecule has 1 aromatic carbocycles. The zero-order valence-electron chi connectivity index (χ0n) is 10.6. The van der Waals surface area contributed by atoms with Gasteiger partial charge in [-0.1, -0.05) is 12.1 Å². The van der Waals surface area contributed by atoms with E-state index in [2.05, 4.69) is 11.0 Å². The Morgan fingerprint density at radius 3 is 2.88 bits per heavy atom. The molecule has 17 heavy (non-hydrogen) atoms. The molecule has 1 rings (SSSR count). The van der Waals surface area contributed by atoms with Crippen LogP contribution in [0.4, 0.5) is 0 Å². The fourth-order valence-corrected chi connectivity index (χ4v) is 1.70. The number of aliphatic hydroxyl groups is 1. The molecule has 0 saturated carbocycles. The molecule has 1 unspecified atom stereocenters. The number of hydrogen-bond donors (Lipinski definition) is 2. The van der Waals surface area contributed by atoms with Crippen molar-refractivity contribution in [2.24, 2.45) is 5.73 Å². The molecule has 0 amide bonds. The van der Waals surface area contributed by atoms with Gasteiger partial charge in [0, 0.05) is 19.1 Å². The van der Waals surface area contributed by atoms with Crippen molar-refractivity contribution in [3.05, 3.63) is 29.8 Å². The van der Waals surface area contributed by atoms with Gasteiger partial charge in [-0.2, -0.15) is 0 Å². The molecule has 0 spiro atoms. The van der Waals surface area contributed by atoms with Gasteiger partial charge in [-0.25, -0.2) is 0 Å². The van der Waals surface area contributed by atoms with Gasteiger partial charge in [0.1, 0.15) is 5.75 Å². The largest absolute Gasteiger partial charge is 0.497 e. The van der Waals surface area contributed by atoms with E-state index in [0.717, 1.165) is 18.7 Å². The predicted molar refractivity (Wildman–Crippen MR) is 69.3 cm³/mol. The van der Waals surface area contributed by atoms with Crippen LogP contribution in [0.2, 0.25) is 0 Å². The van der Waals surface area contributed by atoms with Crippen LogP contribution in [0.25, 0.3) is 0 Å². The first kappa shape index (κ1) is 14.0. The SMILES string of the molecule is COc1cccc(CCN(C)CC(N)CO)c1. The molecule has 0 aliphatic carbocycles. The van der Waals surface area contributed by atoms with Gasteiger partial charge < -0.3 is 20.5 Å². The number of hydrogen-bond acceptors (Lipinski definition) is 4. The number of nitrogens with zero attached hydrogens (tertiary/aromatic N) is 1. The van der Waals surface area contributed by atoms with Crippen LogP contribution in [0, 0.1) is 0 Å². The Morgan fingerprint density at radius 2 is 2.24 bits per heavy atom. The van der Waals surface area contributed by atoms with E-state index in [9.17, 15) is 0 Å². The fourth-order valence-electron chi connectivity index (χ4n) is 1.70. The third-order valence-electron chi connectivity index (χ3n) is 2.70. The Bertz CT molecular complexity index is 331. The summed E-state index contributed by atoms with van der Waals surface area (Å²) in [5.74, 6) is 0.886. The minimum Gasteiger partial charge on any atom is -0.497 e. The van der Waals surface area contributed by atoms with Crippen LogP contribution < -0.4 is 10.5 Å². The number of aliphatic hydroxyl groups excluding tert-OH is 1. The molecule has 1 aromatic rings. The number of ether oxygens (including phenoxy) is 1.